The van der Waals surface area contributed by atoms with E-state index in [4.69, 9.17) is 0 Å². The van der Waals surface area contributed by atoms with Crippen molar-refractivity contribution in [1.29, 1.82) is 0 Å². The van der Waals surface area contributed by atoms with E-state index < -0.39 is 62.1 Å². The molecule has 5 aromatic rings. The lowest BCUT2D eigenvalue weighted by Gasteiger charge is -2.38. The van der Waals surface area contributed by atoms with Gasteiger partial charge in [0.05, 0.1) is 27.2 Å². The fourth-order valence-electron chi connectivity index (χ4n) is 6.48. The summed E-state index contributed by atoms with van der Waals surface area (Å²) in [6, 6.07) is 9.37. The van der Waals surface area contributed by atoms with Crippen molar-refractivity contribution in [2.45, 2.75) is 89.5 Å². The van der Waals surface area contributed by atoms with Crippen molar-refractivity contribution in [3.8, 4) is 5.69 Å². The normalized spacial score (nSPS) is 13.6. The van der Waals surface area contributed by atoms with Crippen LogP contribution in [-0.4, -0.2) is 21.5 Å². The molecule has 2 heterocycles. The Kier molecular flexibility index (Phi) is 8.21. The molecule has 0 unspecified atom stereocenters. The van der Waals surface area contributed by atoms with Gasteiger partial charge in [-0.3, -0.25) is 23.7 Å². The maximum atomic E-state index is 14.8. The van der Waals surface area contributed by atoms with E-state index in [1.165, 1.54) is 12.1 Å². The van der Waals surface area contributed by atoms with E-state index in [0.717, 1.165) is 41.0 Å². The number of fused-ring (bicyclic) bond motifs is 2. The van der Waals surface area contributed by atoms with E-state index in [0.29, 0.717) is 41.5 Å². The summed E-state index contributed by atoms with van der Waals surface area (Å²) >= 11 is 0. The summed E-state index contributed by atoms with van der Waals surface area (Å²) < 4.78 is 90.4. The molecule has 0 N–H and O–H groups in total. The second-order valence-electron chi connectivity index (χ2n) is 13.1. The minimum atomic E-state index is -5.83. The van der Waals surface area contributed by atoms with Crippen LogP contribution in [0.2, 0.25) is 0 Å². The van der Waals surface area contributed by atoms with Gasteiger partial charge in [-0.1, -0.05) is 71.0 Å². The van der Waals surface area contributed by atoms with Crippen LogP contribution < -0.4 is 22.2 Å². The number of nitrogens with zero attached hydrogens (tertiary/aromatic N) is 2. The van der Waals surface area contributed by atoms with E-state index in [1.807, 2.05) is 34.6 Å². The maximum Gasteiger partial charge on any atom is 0.411 e. The van der Waals surface area contributed by atoms with Gasteiger partial charge in [0.15, 0.2) is 0 Å². The minimum absolute atomic E-state index is 0.0706. The molecule has 0 aliphatic heterocycles. The Bertz CT molecular complexity index is 2140. The van der Waals surface area contributed by atoms with Crippen molar-refractivity contribution in [2.75, 3.05) is 0 Å². The zero-order chi connectivity index (χ0) is 35.8. The Hall–Kier alpha value is -4.48. The molecule has 0 aliphatic carbocycles. The van der Waals surface area contributed by atoms with Gasteiger partial charge in [0.2, 0.25) is 5.41 Å². The molecular weight excluding hydrogens is 638 g/mol. The molecule has 0 spiro atoms. The van der Waals surface area contributed by atoms with Crippen LogP contribution >= 0.6 is 0 Å². The number of rotatable bonds is 8. The summed E-state index contributed by atoms with van der Waals surface area (Å²) in [5.74, 6) is 0. The summed E-state index contributed by atoms with van der Waals surface area (Å²) in [4.78, 5) is 53.6. The second kappa shape index (κ2) is 11.3. The molecule has 5 rings (SSSR count). The second-order valence-corrected chi connectivity index (χ2v) is 13.1. The number of alkyl halides is 6. The van der Waals surface area contributed by atoms with Crippen LogP contribution in [0, 0.1) is 0 Å². The van der Waals surface area contributed by atoms with Gasteiger partial charge in [0.25, 0.3) is 22.2 Å². The summed E-state index contributed by atoms with van der Waals surface area (Å²) in [5, 5.41) is -0.566. The summed E-state index contributed by atoms with van der Waals surface area (Å²) in [5.41, 5.74) is -10.8. The molecule has 3 aromatic carbocycles. The van der Waals surface area contributed by atoms with E-state index in [9.17, 15) is 45.5 Å². The highest BCUT2D eigenvalue weighted by Gasteiger charge is 2.72. The first kappa shape index (κ1) is 34.8. The summed E-state index contributed by atoms with van der Waals surface area (Å²) in [6.07, 6.45) is -10.1. The highest BCUT2D eigenvalue weighted by molar-refractivity contribution is 5.98. The topological polar surface area (TPSA) is 78.1 Å². The van der Waals surface area contributed by atoms with E-state index >= 15 is 0 Å². The first-order valence-corrected chi connectivity index (χ1v) is 15.5. The lowest BCUT2D eigenvalue weighted by atomic mass is 9.72. The number of benzene rings is 3. The van der Waals surface area contributed by atoms with Gasteiger partial charge in [0.1, 0.15) is 0 Å². The lowest BCUT2D eigenvalue weighted by molar-refractivity contribution is -0.288. The Labute approximate surface area is 270 Å². The predicted octanol–water partition coefficient (Wildman–Crippen LogP) is 7.54. The highest BCUT2D eigenvalue weighted by Crippen LogP contribution is 2.56. The Morgan fingerprint density at radius 2 is 0.875 bits per heavy atom. The average molecular weight is 673 g/mol. The molecule has 0 fully saturated rings. The zero-order valence-electron chi connectivity index (χ0n) is 27.2. The zero-order valence-corrected chi connectivity index (χ0v) is 27.2. The number of hydrogen-bond acceptors (Lipinski definition) is 4. The molecule has 0 bridgehead atoms. The third kappa shape index (κ3) is 4.85. The van der Waals surface area contributed by atoms with Crippen LogP contribution in [0.4, 0.5) is 26.3 Å². The molecule has 254 valence electrons. The SMILES string of the molecule is CCC(C)(C)c1ccc(C(c2ccc(-n3c(=O)c4cc5c(=O)n(C(C)(CC)CC)c(=O)c5cc4c3=O)cc2)(C(F)(F)F)C(F)(F)F)cc1. The average Bonchev–Trinajstić information content (AvgIpc) is 3.43. The van der Waals surface area contributed by atoms with Gasteiger partial charge in [-0.25, -0.2) is 4.57 Å². The van der Waals surface area contributed by atoms with Gasteiger partial charge < -0.3 is 0 Å². The minimum Gasteiger partial charge on any atom is -0.269 e. The molecule has 6 nitrogen and oxygen atoms in total. The highest BCUT2D eigenvalue weighted by atomic mass is 19.4. The molecule has 0 atom stereocenters. The van der Waals surface area contributed by atoms with E-state index in [1.54, 1.807) is 6.92 Å². The van der Waals surface area contributed by atoms with Gasteiger partial charge in [-0.15, -0.1) is 0 Å². The van der Waals surface area contributed by atoms with Crippen LogP contribution in [0.15, 0.2) is 79.8 Å². The maximum absolute atomic E-state index is 14.8. The quantitative estimate of drug-likeness (QED) is 0.160. The van der Waals surface area contributed by atoms with E-state index in [-0.39, 0.29) is 27.2 Å². The van der Waals surface area contributed by atoms with Crippen LogP contribution in [0.3, 0.4) is 0 Å². The summed E-state index contributed by atoms with van der Waals surface area (Å²) in [6.45, 7) is 10.9. The van der Waals surface area contributed by atoms with Crippen LogP contribution in [0.1, 0.15) is 77.5 Å². The van der Waals surface area contributed by atoms with Crippen molar-refractivity contribution in [1.82, 2.24) is 9.13 Å². The van der Waals surface area contributed by atoms with E-state index in [2.05, 4.69) is 0 Å². The molecule has 0 aliphatic rings. The van der Waals surface area contributed by atoms with Gasteiger partial charge in [-0.2, -0.15) is 26.3 Å². The van der Waals surface area contributed by atoms with Crippen LogP contribution in [0.5, 0.6) is 0 Å². The third-order valence-electron chi connectivity index (χ3n) is 10.3. The van der Waals surface area contributed by atoms with Crippen molar-refractivity contribution in [2.24, 2.45) is 0 Å². The largest absolute Gasteiger partial charge is 0.411 e. The first-order valence-electron chi connectivity index (χ1n) is 15.5. The third-order valence-corrected chi connectivity index (χ3v) is 10.3. The van der Waals surface area contributed by atoms with Crippen LogP contribution in [0.25, 0.3) is 27.2 Å². The Morgan fingerprint density at radius 3 is 1.23 bits per heavy atom. The Balaban J connectivity index is 1.69. The van der Waals surface area contributed by atoms with Crippen molar-refractivity contribution < 1.29 is 26.3 Å². The molecule has 0 amide bonds. The number of hydrogen-bond donors (Lipinski definition) is 0. The molecule has 0 radical (unpaired) electrons. The van der Waals surface area contributed by atoms with Gasteiger partial charge in [0, 0.05) is 5.54 Å². The monoisotopic (exact) mass is 672 g/mol. The molecule has 0 saturated heterocycles. The van der Waals surface area contributed by atoms with Crippen molar-refractivity contribution in [3.05, 3.63) is 119 Å². The molecule has 48 heavy (non-hydrogen) atoms. The van der Waals surface area contributed by atoms with Gasteiger partial charge >= 0.3 is 12.4 Å². The van der Waals surface area contributed by atoms with Crippen molar-refractivity contribution in [3.63, 3.8) is 0 Å². The molecule has 12 heteroatoms. The van der Waals surface area contributed by atoms with Gasteiger partial charge in [-0.05, 0) is 72.6 Å². The smallest absolute Gasteiger partial charge is 0.269 e. The number of halogens is 6. The predicted molar refractivity (Wildman–Crippen MR) is 173 cm³/mol. The fourth-order valence-corrected chi connectivity index (χ4v) is 6.48. The summed E-state index contributed by atoms with van der Waals surface area (Å²) in [7, 11) is 0. The fraction of sp³-hybridized carbons (Fsp3) is 0.389. The number of aromatic nitrogens is 2. The Morgan fingerprint density at radius 1 is 0.521 bits per heavy atom. The van der Waals surface area contributed by atoms with Crippen molar-refractivity contribution >= 4 is 21.5 Å². The standard InChI is InChI=1S/C36H34F6N2O4/c1-7-32(4,5)20-10-12-21(13-11-20)34(35(37,38)39,36(40,41)42)22-14-16-23(17-15-22)43-28(45)24-18-26-27(19-25(24)29(43)46)31(48)44(30(26)47)33(6,8-2)9-3/h10-19H,7-9H2,1-6H3. The molecular formula is C36H34F6N2O4. The van der Waals surface area contributed by atoms with Crippen LogP contribution in [-0.2, 0) is 16.4 Å². The lowest BCUT2D eigenvalue weighted by Crippen LogP contribution is -2.54. The first-order chi connectivity index (χ1) is 22.2. The molecule has 0 saturated carbocycles. The molecule has 2 aromatic heterocycles.